The minimum absolute atomic E-state index is 0.487. The van der Waals surface area contributed by atoms with Gasteiger partial charge in [0.1, 0.15) is 0 Å². The number of benzene rings is 1. The predicted octanol–water partition coefficient (Wildman–Crippen LogP) is 1.37. The van der Waals surface area contributed by atoms with E-state index in [2.05, 4.69) is 0 Å². The predicted molar refractivity (Wildman–Crippen MR) is 71.8 cm³/mol. The van der Waals surface area contributed by atoms with E-state index in [1.807, 2.05) is 37.3 Å². The van der Waals surface area contributed by atoms with E-state index in [4.69, 9.17) is 10.4 Å². The quantitative estimate of drug-likeness (QED) is 0.481. The van der Waals surface area contributed by atoms with Crippen LogP contribution in [0.25, 0.3) is 0 Å². The van der Waals surface area contributed by atoms with Crippen molar-refractivity contribution in [2.45, 2.75) is 18.4 Å². The smallest absolute Gasteiger partial charge is 0.423 e. The van der Waals surface area contributed by atoms with Crippen LogP contribution in [0, 0.1) is 0 Å². The summed E-state index contributed by atoms with van der Waals surface area (Å²) in [5, 5.41) is 9.62. The summed E-state index contributed by atoms with van der Waals surface area (Å²) in [6.45, 7) is 2.45. The standard InChI is InChI=1S/C12H14BNO2S/c1-2-10(5-6-14)17-11-4-3-9-8-16-13(15)12(9)7-11/h2-7,15H,8,14H2,1H3/b6-5-,10-2+. The molecule has 0 aromatic heterocycles. The van der Waals surface area contributed by atoms with Crippen LogP contribution in [0.3, 0.4) is 0 Å². The van der Waals surface area contributed by atoms with Gasteiger partial charge < -0.3 is 15.4 Å². The number of nitrogens with two attached hydrogens (primary N) is 1. The van der Waals surface area contributed by atoms with E-state index in [0.29, 0.717) is 6.61 Å². The van der Waals surface area contributed by atoms with Gasteiger partial charge in [-0.05, 0) is 42.4 Å². The summed E-state index contributed by atoms with van der Waals surface area (Å²) in [6, 6.07) is 5.98. The van der Waals surface area contributed by atoms with Crippen molar-refractivity contribution >= 4 is 24.3 Å². The molecule has 2 rings (SSSR count). The monoisotopic (exact) mass is 247 g/mol. The van der Waals surface area contributed by atoms with Crippen molar-refractivity contribution in [3.63, 3.8) is 0 Å². The van der Waals surface area contributed by atoms with Crippen molar-refractivity contribution in [2.75, 3.05) is 0 Å². The molecule has 17 heavy (non-hydrogen) atoms. The van der Waals surface area contributed by atoms with Gasteiger partial charge in [0.15, 0.2) is 0 Å². The number of allylic oxidation sites excluding steroid dienone is 2. The van der Waals surface area contributed by atoms with E-state index in [9.17, 15) is 5.02 Å². The summed E-state index contributed by atoms with van der Waals surface area (Å²) in [6.07, 6.45) is 5.37. The molecular formula is C12H14BNO2S. The molecule has 1 heterocycles. The highest BCUT2D eigenvalue weighted by Gasteiger charge is 2.27. The van der Waals surface area contributed by atoms with E-state index in [0.717, 1.165) is 20.8 Å². The summed E-state index contributed by atoms with van der Waals surface area (Å²) in [5.74, 6) is 0. The maximum Gasteiger partial charge on any atom is 0.491 e. The Balaban J connectivity index is 2.21. The molecule has 0 fully saturated rings. The molecular weight excluding hydrogens is 233 g/mol. The number of thioether (sulfide) groups is 1. The van der Waals surface area contributed by atoms with Crippen molar-refractivity contribution in [1.29, 1.82) is 0 Å². The lowest BCUT2D eigenvalue weighted by Crippen LogP contribution is -2.27. The van der Waals surface area contributed by atoms with Gasteiger partial charge in [-0.15, -0.1) is 0 Å². The van der Waals surface area contributed by atoms with Crippen LogP contribution in [0.1, 0.15) is 12.5 Å². The average molecular weight is 247 g/mol. The second kappa shape index (κ2) is 5.45. The lowest BCUT2D eigenvalue weighted by atomic mass is 9.80. The minimum atomic E-state index is -0.787. The first-order valence-corrected chi connectivity index (χ1v) is 6.21. The Morgan fingerprint density at radius 2 is 2.41 bits per heavy atom. The second-order valence-electron chi connectivity index (χ2n) is 3.68. The number of fused-ring (bicyclic) bond motifs is 1. The highest BCUT2D eigenvalue weighted by Crippen LogP contribution is 2.27. The Kier molecular flexibility index (Phi) is 3.94. The third kappa shape index (κ3) is 2.75. The van der Waals surface area contributed by atoms with Gasteiger partial charge in [-0.1, -0.05) is 23.9 Å². The fraction of sp³-hybridized carbons (Fsp3) is 0.167. The largest absolute Gasteiger partial charge is 0.491 e. The Labute approximate surface area is 105 Å². The average Bonchev–Trinajstić information content (AvgIpc) is 2.70. The Bertz CT molecular complexity index is 474. The minimum Gasteiger partial charge on any atom is -0.423 e. The fourth-order valence-corrected chi connectivity index (χ4v) is 2.54. The highest BCUT2D eigenvalue weighted by atomic mass is 32.2. The van der Waals surface area contributed by atoms with Gasteiger partial charge in [-0.25, -0.2) is 0 Å². The van der Waals surface area contributed by atoms with Gasteiger partial charge in [0.2, 0.25) is 0 Å². The van der Waals surface area contributed by atoms with Crippen LogP contribution >= 0.6 is 11.8 Å². The molecule has 5 heteroatoms. The van der Waals surface area contributed by atoms with Crippen molar-refractivity contribution < 1.29 is 9.68 Å². The van der Waals surface area contributed by atoms with Crippen molar-refractivity contribution in [3.8, 4) is 0 Å². The Hall–Kier alpha value is -1.17. The zero-order valence-corrected chi connectivity index (χ0v) is 10.4. The van der Waals surface area contributed by atoms with Crippen LogP contribution in [0.5, 0.6) is 0 Å². The van der Waals surface area contributed by atoms with Crippen LogP contribution in [-0.4, -0.2) is 12.1 Å². The molecule has 0 unspecified atom stereocenters. The summed E-state index contributed by atoms with van der Waals surface area (Å²) in [7, 11) is -0.787. The molecule has 0 saturated heterocycles. The first-order chi connectivity index (χ1) is 8.24. The molecule has 3 N–H and O–H groups in total. The van der Waals surface area contributed by atoms with E-state index >= 15 is 0 Å². The van der Waals surface area contributed by atoms with E-state index in [-0.39, 0.29) is 0 Å². The van der Waals surface area contributed by atoms with Crippen molar-refractivity contribution in [2.24, 2.45) is 5.73 Å². The van der Waals surface area contributed by atoms with Crippen LogP contribution in [-0.2, 0) is 11.3 Å². The molecule has 1 aromatic rings. The van der Waals surface area contributed by atoms with Gasteiger partial charge in [-0.2, -0.15) is 0 Å². The van der Waals surface area contributed by atoms with Gasteiger partial charge in [0.25, 0.3) is 0 Å². The van der Waals surface area contributed by atoms with Crippen LogP contribution in [0.15, 0.2) is 46.4 Å². The van der Waals surface area contributed by atoms with Crippen LogP contribution in [0.4, 0.5) is 0 Å². The van der Waals surface area contributed by atoms with Crippen LogP contribution in [0.2, 0.25) is 0 Å². The first-order valence-electron chi connectivity index (χ1n) is 5.39. The first kappa shape index (κ1) is 12.3. The van der Waals surface area contributed by atoms with Gasteiger partial charge in [-0.3, -0.25) is 0 Å². The maximum atomic E-state index is 9.62. The normalized spacial score (nSPS) is 15.6. The Morgan fingerprint density at radius 1 is 1.59 bits per heavy atom. The number of hydrogen-bond acceptors (Lipinski definition) is 4. The molecule has 0 saturated carbocycles. The molecule has 3 nitrogen and oxygen atoms in total. The molecule has 0 atom stereocenters. The SMILES string of the molecule is C/C=C(\C=C/N)Sc1ccc2c(c1)B(O)OC2. The molecule has 1 aromatic carbocycles. The van der Waals surface area contributed by atoms with E-state index in [1.165, 1.54) is 6.20 Å². The summed E-state index contributed by atoms with van der Waals surface area (Å²) < 4.78 is 5.15. The third-order valence-electron chi connectivity index (χ3n) is 2.56. The Morgan fingerprint density at radius 3 is 3.12 bits per heavy atom. The molecule has 0 spiro atoms. The maximum absolute atomic E-state index is 9.62. The third-order valence-corrected chi connectivity index (χ3v) is 3.66. The molecule has 88 valence electrons. The van der Waals surface area contributed by atoms with Gasteiger partial charge in [0.05, 0.1) is 6.61 Å². The zero-order chi connectivity index (χ0) is 12.3. The van der Waals surface area contributed by atoms with Gasteiger partial charge >= 0.3 is 7.12 Å². The number of rotatable bonds is 3. The molecule has 1 aliphatic heterocycles. The molecule has 0 bridgehead atoms. The molecule has 1 aliphatic rings. The molecule has 0 amide bonds. The lowest BCUT2D eigenvalue weighted by Gasteiger charge is -2.04. The van der Waals surface area contributed by atoms with Crippen molar-refractivity contribution in [1.82, 2.24) is 0 Å². The lowest BCUT2D eigenvalue weighted by molar-refractivity contribution is 0.275. The zero-order valence-electron chi connectivity index (χ0n) is 9.59. The van der Waals surface area contributed by atoms with E-state index in [1.54, 1.807) is 11.8 Å². The van der Waals surface area contributed by atoms with Crippen molar-refractivity contribution in [3.05, 3.63) is 47.0 Å². The summed E-state index contributed by atoms with van der Waals surface area (Å²) >= 11 is 1.61. The van der Waals surface area contributed by atoms with E-state index < -0.39 is 7.12 Å². The summed E-state index contributed by atoms with van der Waals surface area (Å²) in [4.78, 5) is 2.14. The molecule has 0 radical (unpaired) electrons. The molecule has 0 aliphatic carbocycles. The summed E-state index contributed by atoms with van der Waals surface area (Å²) in [5.41, 5.74) is 7.29. The topological polar surface area (TPSA) is 55.5 Å². The highest BCUT2D eigenvalue weighted by molar-refractivity contribution is 8.03. The fourth-order valence-electron chi connectivity index (χ4n) is 1.68. The number of hydrogen-bond donors (Lipinski definition) is 2. The van der Waals surface area contributed by atoms with Crippen LogP contribution < -0.4 is 11.2 Å². The van der Waals surface area contributed by atoms with Gasteiger partial charge in [0, 0.05) is 9.80 Å². The second-order valence-corrected chi connectivity index (χ2v) is 4.82.